The SMILES string of the molecule is CCn1c(=O)c(=O)[nH]c2cc(C(=O)NC(C)c3ccc(OC)c(Br)c3)ccc21. The Hall–Kier alpha value is -2.87. The fourth-order valence-corrected chi connectivity index (χ4v) is 3.61. The van der Waals surface area contributed by atoms with Gasteiger partial charge in [0.1, 0.15) is 5.75 Å². The monoisotopic (exact) mass is 445 g/mol. The first-order valence-corrected chi connectivity index (χ1v) is 9.56. The highest BCUT2D eigenvalue weighted by Crippen LogP contribution is 2.28. The van der Waals surface area contributed by atoms with Gasteiger partial charge in [0, 0.05) is 12.1 Å². The first-order valence-electron chi connectivity index (χ1n) is 8.77. The number of aromatic amines is 1. The first-order chi connectivity index (χ1) is 13.3. The van der Waals surface area contributed by atoms with E-state index in [4.69, 9.17) is 4.74 Å². The normalized spacial score (nSPS) is 12.0. The van der Waals surface area contributed by atoms with Gasteiger partial charge in [-0.25, -0.2) is 0 Å². The summed E-state index contributed by atoms with van der Waals surface area (Å²) < 4.78 is 7.40. The lowest BCUT2D eigenvalue weighted by Gasteiger charge is -2.16. The van der Waals surface area contributed by atoms with E-state index in [0.29, 0.717) is 28.9 Å². The van der Waals surface area contributed by atoms with Crippen molar-refractivity contribution < 1.29 is 9.53 Å². The van der Waals surface area contributed by atoms with Crippen LogP contribution in [0.5, 0.6) is 5.75 Å². The molecule has 1 heterocycles. The zero-order valence-electron chi connectivity index (χ0n) is 15.7. The third-order valence-corrected chi connectivity index (χ3v) is 5.20. The molecule has 1 amide bonds. The van der Waals surface area contributed by atoms with E-state index in [1.807, 2.05) is 25.1 Å². The highest BCUT2D eigenvalue weighted by molar-refractivity contribution is 9.10. The summed E-state index contributed by atoms with van der Waals surface area (Å²) in [6.45, 7) is 4.04. The van der Waals surface area contributed by atoms with Gasteiger partial charge in [-0.15, -0.1) is 0 Å². The average molecular weight is 446 g/mol. The molecule has 0 saturated carbocycles. The predicted octanol–water partition coefficient (Wildman–Crippen LogP) is 2.97. The van der Waals surface area contributed by atoms with Crippen LogP contribution in [-0.2, 0) is 6.54 Å². The minimum Gasteiger partial charge on any atom is -0.496 e. The van der Waals surface area contributed by atoms with Crippen molar-refractivity contribution >= 4 is 32.9 Å². The molecule has 0 saturated heterocycles. The van der Waals surface area contributed by atoms with Crippen LogP contribution >= 0.6 is 15.9 Å². The average Bonchev–Trinajstić information content (AvgIpc) is 2.68. The number of amides is 1. The summed E-state index contributed by atoms with van der Waals surface area (Å²) in [6, 6.07) is 10.2. The zero-order chi connectivity index (χ0) is 20.4. The van der Waals surface area contributed by atoms with Crippen molar-refractivity contribution in [3.05, 3.63) is 72.7 Å². The summed E-state index contributed by atoms with van der Waals surface area (Å²) in [4.78, 5) is 39.0. The molecule has 1 aromatic heterocycles. The highest BCUT2D eigenvalue weighted by Gasteiger charge is 2.15. The molecule has 0 spiro atoms. The smallest absolute Gasteiger partial charge is 0.316 e. The maximum absolute atomic E-state index is 12.7. The number of fused-ring (bicyclic) bond motifs is 1. The number of methoxy groups -OCH3 is 1. The number of benzene rings is 2. The predicted molar refractivity (Wildman–Crippen MR) is 111 cm³/mol. The summed E-state index contributed by atoms with van der Waals surface area (Å²) in [5.74, 6) is 0.430. The van der Waals surface area contributed by atoms with Crippen LogP contribution in [0.1, 0.15) is 35.8 Å². The number of nitrogens with one attached hydrogen (secondary N) is 2. The highest BCUT2D eigenvalue weighted by atomic mass is 79.9. The number of rotatable bonds is 5. The molecule has 0 bridgehead atoms. The number of hydrogen-bond acceptors (Lipinski definition) is 4. The first kappa shape index (κ1) is 19.9. The molecular formula is C20H20BrN3O4. The molecule has 0 fully saturated rings. The lowest BCUT2D eigenvalue weighted by Crippen LogP contribution is -2.36. The maximum Gasteiger partial charge on any atom is 0.316 e. The van der Waals surface area contributed by atoms with Crippen LogP contribution in [0.25, 0.3) is 11.0 Å². The van der Waals surface area contributed by atoms with Gasteiger partial charge in [0.05, 0.1) is 28.7 Å². The maximum atomic E-state index is 12.7. The van der Waals surface area contributed by atoms with E-state index in [1.165, 1.54) is 4.57 Å². The zero-order valence-corrected chi connectivity index (χ0v) is 17.3. The molecular weight excluding hydrogens is 426 g/mol. The van der Waals surface area contributed by atoms with Gasteiger partial charge >= 0.3 is 11.1 Å². The third-order valence-electron chi connectivity index (χ3n) is 4.58. The molecule has 2 N–H and O–H groups in total. The van der Waals surface area contributed by atoms with E-state index in [-0.39, 0.29) is 11.9 Å². The summed E-state index contributed by atoms with van der Waals surface area (Å²) in [7, 11) is 1.59. The van der Waals surface area contributed by atoms with Crippen LogP contribution in [-0.4, -0.2) is 22.6 Å². The Bertz CT molecular complexity index is 1170. The van der Waals surface area contributed by atoms with Gasteiger partial charge in [-0.1, -0.05) is 6.07 Å². The van der Waals surface area contributed by atoms with E-state index >= 15 is 0 Å². The van der Waals surface area contributed by atoms with Crippen LogP contribution in [0.3, 0.4) is 0 Å². The minimum absolute atomic E-state index is 0.242. The van der Waals surface area contributed by atoms with Crippen molar-refractivity contribution in [3.8, 4) is 5.75 Å². The summed E-state index contributed by atoms with van der Waals surface area (Å²) >= 11 is 3.44. The summed E-state index contributed by atoms with van der Waals surface area (Å²) in [6.07, 6.45) is 0. The molecule has 1 atom stereocenters. The van der Waals surface area contributed by atoms with Crippen LogP contribution in [0.15, 0.2) is 50.5 Å². The van der Waals surface area contributed by atoms with Gasteiger partial charge < -0.3 is 19.6 Å². The van der Waals surface area contributed by atoms with Crippen molar-refractivity contribution in [3.63, 3.8) is 0 Å². The largest absolute Gasteiger partial charge is 0.496 e. The Morgan fingerprint density at radius 1 is 1.25 bits per heavy atom. The molecule has 8 heteroatoms. The molecule has 0 aliphatic rings. The van der Waals surface area contributed by atoms with E-state index in [1.54, 1.807) is 32.2 Å². The number of aromatic nitrogens is 2. The van der Waals surface area contributed by atoms with Gasteiger partial charge in [-0.2, -0.15) is 0 Å². The molecule has 0 aliphatic carbocycles. The Kier molecular flexibility index (Phi) is 5.69. The number of H-pyrrole nitrogens is 1. The quantitative estimate of drug-likeness (QED) is 0.590. The molecule has 146 valence electrons. The van der Waals surface area contributed by atoms with Crippen molar-refractivity contribution in [2.75, 3.05) is 7.11 Å². The minimum atomic E-state index is -0.705. The Morgan fingerprint density at radius 2 is 2.00 bits per heavy atom. The topological polar surface area (TPSA) is 93.2 Å². The number of ether oxygens (including phenoxy) is 1. The summed E-state index contributed by atoms with van der Waals surface area (Å²) in [5.41, 5.74) is 1.02. The molecule has 3 aromatic rings. The standard InChI is InChI=1S/C20H20BrN3O4/c1-4-24-16-7-5-13(10-15(16)23-19(26)20(24)27)18(25)22-11(2)12-6-8-17(28-3)14(21)9-12/h5-11H,4H2,1-3H3,(H,22,25)(H,23,26). The van der Waals surface area contributed by atoms with Gasteiger partial charge in [0.2, 0.25) is 0 Å². The number of carbonyl (C=O) groups excluding carboxylic acids is 1. The third kappa shape index (κ3) is 3.73. The number of nitrogens with zero attached hydrogens (tertiary/aromatic N) is 1. The summed E-state index contributed by atoms with van der Waals surface area (Å²) in [5, 5.41) is 2.94. The number of aryl methyl sites for hydroxylation is 1. The van der Waals surface area contributed by atoms with Gasteiger partial charge in [-0.3, -0.25) is 14.4 Å². The molecule has 0 aliphatic heterocycles. The molecule has 1 unspecified atom stereocenters. The van der Waals surface area contributed by atoms with Crippen LogP contribution in [0.4, 0.5) is 0 Å². The van der Waals surface area contributed by atoms with E-state index in [9.17, 15) is 14.4 Å². The van der Waals surface area contributed by atoms with Crippen molar-refractivity contribution in [1.29, 1.82) is 0 Å². The van der Waals surface area contributed by atoms with Gasteiger partial charge in [0.15, 0.2) is 0 Å². The number of halogens is 1. The van der Waals surface area contributed by atoms with E-state index in [2.05, 4.69) is 26.2 Å². The van der Waals surface area contributed by atoms with Crippen molar-refractivity contribution in [2.45, 2.75) is 26.4 Å². The molecule has 2 aromatic carbocycles. The number of carbonyl (C=O) groups is 1. The van der Waals surface area contributed by atoms with Gasteiger partial charge in [-0.05, 0) is 65.7 Å². The fourth-order valence-electron chi connectivity index (χ4n) is 3.05. The van der Waals surface area contributed by atoms with Crippen LogP contribution in [0.2, 0.25) is 0 Å². The van der Waals surface area contributed by atoms with Crippen LogP contribution < -0.4 is 21.2 Å². The van der Waals surface area contributed by atoms with Crippen molar-refractivity contribution in [2.24, 2.45) is 0 Å². The van der Waals surface area contributed by atoms with Crippen molar-refractivity contribution in [1.82, 2.24) is 14.9 Å². The number of hydrogen-bond donors (Lipinski definition) is 2. The Balaban J connectivity index is 1.89. The molecule has 28 heavy (non-hydrogen) atoms. The second-order valence-electron chi connectivity index (χ2n) is 6.32. The van der Waals surface area contributed by atoms with E-state index in [0.717, 1.165) is 10.0 Å². The van der Waals surface area contributed by atoms with Gasteiger partial charge in [0.25, 0.3) is 5.91 Å². The molecule has 0 radical (unpaired) electrons. The fraction of sp³-hybridized carbons (Fsp3) is 0.250. The molecule has 3 rings (SSSR count). The molecule has 7 nitrogen and oxygen atoms in total. The van der Waals surface area contributed by atoms with E-state index < -0.39 is 11.1 Å². The lowest BCUT2D eigenvalue weighted by atomic mass is 10.1. The Morgan fingerprint density at radius 3 is 2.64 bits per heavy atom. The second-order valence-corrected chi connectivity index (χ2v) is 7.18. The second kappa shape index (κ2) is 8.02. The lowest BCUT2D eigenvalue weighted by molar-refractivity contribution is 0.0940. The Labute approximate surface area is 169 Å². The van der Waals surface area contributed by atoms with Crippen LogP contribution in [0, 0.1) is 0 Å².